The zero-order valence-electron chi connectivity index (χ0n) is 23.0. The highest BCUT2D eigenvalue weighted by atomic mass is 16.3. The lowest BCUT2D eigenvalue weighted by atomic mass is 9.86. The van der Waals surface area contributed by atoms with Crippen LogP contribution in [0.1, 0.15) is 64.1 Å². The monoisotopic (exact) mass is 540 g/mol. The summed E-state index contributed by atoms with van der Waals surface area (Å²) in [6.45, 7) is 8.81. The predicted molar refractivity (Wildman–Crippen MR) is 155 cm³/mol. The number of amides is 1. The number of aliphatic hydroxyl groups is 1. The molecule has 1 amide bonds. The van der Waals surface area contributed by atoms with Gasteiger partial charge in [0.1, 0.15) is 22.8 Å². The summed E-state index contributed by atoms with van der Waals surface area (Å²) in [5.74, 6) is 0.887. The van der Waals surface area contributed by atoms with Crippen molar-refractivity contribution in [1.82, 2.24) is 30.5 Å². The van der Waals surface area contributed by atoms with Crippen molar-refractivity contribution >= 4 is 29.2 Å². The smallest absolute Gasteiger partial charge is 0.256 e. The molecule has 5 N–H and O–H groups in total. The highest BCUT2D eigenvalue weighted by molar-refractivity contribution is 5.99. The van der Waals surface area contributed by atoms with Crippen LogP contribution in [0.2, 0.25) is 0 Å². The van der Waals surface area contributed by atoms with Crippen LogP contribution in [0.25, 0.3) is 0 Å². The van der Waals surface area contributed by atoms with Crippen molar-refractivity contribution in [2.24, 2.45) is 0 Å². The van der Waals surface area contributed by atoms with Gasteiger partial charge in [-0.1, -0.05) is 19.1 Å². The number of nitrogens with zero attached hydrogens (tertiary/aromatic N) is 4. The number of nitrogens with one attached hydrogen (secondary N) is 4. The van der Waals surface area contributed by atoms with Crippen LogP contribution in [0.5, 0.6) is 0 Å². The number of pyridine rings is 1. The fraction of sp³-hybridized carbons (Fsp3) is 0.400. The zero-order valence-corrected chi connectivity index (χ0v) is 23.0. The van der Waals surface area contributed by atoms with E-state index in [-0.39, 0.29) is 11.5 Å². The summed E-state index contributed by atoms with van der Waals surface area (Å²) in [5.41, 5.74) is 6.07. The van der Waals surface area contributed by atoms with E-state index >= 15 is 0 Å². The SMILES string of the molecule is C=CCNC(=O)c1cnc(Nc2cc3c4c(c2)CN(C)CC4NCC3)nc1Nc1ccc2c(n1)C(O)(CC)CC2. The number of aromatic nitrogens is 3. The van der Waals surface area contributed by atoms with E-state index in [0.29, 0.717) is 48.7 Å². The van der Waals surface area contributed by atoms with Crippen LogP contribution in [0.3, 0.4) is 0 Å². The number of carbonyl (C=O) groups excluding carboxylic acids is 1. The average molecular weight is 541 g/mol. The summed E-state index contributed by atoms with van der Waals surface area (Å²) in [6.07, 6.45) is 6.14. The van der Waals surface area contributed by atoms with Crippen molar-refractivity contribution < 1.29 is 9.90 Å². The molecule has 208 valence electrons. The van der Waals surface area contributed by atoms with Crippen molar-refractivity contribution in [1.29, 1.82) is 0 Å². The van der Waals surface area contributed by atoms with Gasteiger partial charge in [-0.25, -0.2) is 9.97 Å². The van der Waals surface area contributed by atoms with Gasteiger partial charge < -0.3 is 31.3 Å². The molecule has 0 radical (unpaired) electrons. The van der Waals surface area contributed by atoms with E-state index in [1.165, 1.54) is 22.9 Å². The second kappa shape index (κ2) is 10.6. The Morgan fingerprint density at radius 1 is 1.23 bits per heavy atom. The summed E-state index contributed by atoms with van der Waals surface area (Å²) in [6, 6.07) is 8.55. The minimum Gasteiger partial charge on any atom is -0.384 e. The number of carbonyl (C=O) groups is 1. The number of hydrogen-bond acceptors (Lipinski definition) is 9. The number of likely N-dealkylation sites (N-methyl/N-ethyl adjacent to an activating group) is 1. The molecular weight excluding hydrogens is 504 g/mol. The molecule has 0 bridgehead atoms. The molecular formula is C30H36N8O2. The van der Waals surface area contributed by atoms with E-state index in [4.69, 9.17) is 9.97 Å². The molecule has 2 aromatic heterocycles. The predicted octanol–water partition coefficient (Wildman–Crippen LogP) is 3.45. The number of rotatable bonds is 8. The number of benzene rings is 1. The van der Waals surface area contributed by atoms with Gasteiger partial charge >= 0.3 is 0 Å². The molecule has 10 heteroatoms. The summed E-state index contributed by atoms with van der Waals surface area (Å²) < 4.78 is 0. The lowest BCUT2D eigenvalue weighted by Gasteiger charge is -2.37. The molecule has 0 spiro atoms. The quantitative estimate of drug-likeness (QED) is 0.273. The van der Waals surface area contributed by atoms with Gasteiger partial charge in [-0.2, -0.15) is 4.98 Å². The van der Waals surface area contributed by atoms with Crippen LogP contribution in [0, 0.1) is 0 Å². The first-order chi connectivity index (χ1) is 19.4. The van der Waals surface area contributed by atoms with Gasteiger partial charge in [0.2, 0.25) is 5.95 Å². The largest absolute Gasteiger partial charge is 0.384 e. The third-order valence-corrected chi connectivity index (χ3v) is 8.17. The van der Waals surface area contributed by atoms with Crippen molar-refractivity contribution in [3.63, 3.8) is 0 Å². The minimum absolute atomic E-state index is 0.288. The molecule has 40 heavy (non-hydrogen) atoms. The third-order valence-electron chi connectivity index (χ3n) is 8.17. The van der Waals surface area contributed by atoms with Gasteiger partial charge in [0.15, 0.2) is 0 Å². The molecule has 2 aliphatic heterocycles. The molecule has 0 fully saturated rings. The van der Waals surface area contributed by atoms with Gasteiger partial charge in [0.25, 0.3) is 5.91 Å². The van der Waals surface area contributed by atoms with Crippen LogP contribution in [0.15, 0.2) is 43.1 Å². The van der Waals surface area contributed by atoms with E-state index in [1.807, 2.05) is 19.1 Å². The topological polar surface area (TPSA) is 127 Å². The summed E-state index contributed by atoms with van der Waals surface area (Å²) in [4.78, 5) is 29.2. The number of fused-ring (bicyclic) bond motifs is 1. The van der Waals surface area contributed by atoms with Crippen LogP contribution < -0.4 is 21.3 Å². The molecule has 0 saturated carbocycles. The molecule has 2 unspecified atom stereocenters. The summed E-state index contributed by atoms with van der Waals surface area (Å²) >= 11 is 0. The Labute approximate surface area is 234 Å². The van der Waals surface area contributed by atoms with E-state index in [2.05, 4.69) is 56.9 Å². The number of anilines is 4. The Balaban J connectivity index is 1.33. The lowest BCUT2D eigenvalue weighted by molar-refractivity contribution is 0.0307. The first-order valence-corrected chi connectivity index (χ1v) is 14.0. The maximum Gasteiger partial charge on any atom is 0.256 e. The second-order valence-corrected chi connectivity index (χ2v) is 11.0. The first kappa shape index (κ1) is 26.4. The van der Waals surface area contributed by atoms with E-state index < -0.39 is 5.60 Å². The maximum atomic E-state index is 13.0. The Hall–Kier alpha value is -3.86. The first-order valence-electron chi connectivity index (χ1n) is 14.0. The number of hydrogen-bond donors (Lipinski definition) is 5. The van der Waals surface area contributed by atoms with Gasteiger partial charge in [-0.3, -0.25) is 4.79 Å². The Kier molecular flexibility index (Phi) is 6.99. The molecule has 10 nitrogen and oxygen atoms in total. The molecule has 1 aliphatic carbocycles. The zero-order chi connectivity index (χ0) is 27.9. The number of aryl methyl sites for hydroxylation is 1. The molecule has 2 atom stereocenters. The second-order valence-electron chi connectivity index (χ2n) is 11.0. The van der Waals surface area contributed by atoms with Gasteiger partial charge in [0, 0.05) is 37.6 Å². The van der Waals surface area contributed by atoms with Crippen LogP contribution in [0.4, 0.5) is 23.3 Å². The lowest BCUT2D eigenvalue weighted by Crippen LogP contribution is -2.42. The van der Waals surface area contributed by atoms with Crippen molar-refractivity contribution in [2.45, 2.75) is 50.8 Å². The van der Waals surface area contributed by atoms with E-state index in [0.717, 1.165) is 43.7 Å². The van der Waals surface area contributed by atoms with Gasteiger partial charge in [-0.15, -0.1) is 6.58 Å². The molecule has 4 heterocycles. The molecule has 3 aromatic rings. The Bertz CT molecular complexity index is 1470. The van der Waals surface area contributed by atoms with Crippen molar-refractivity contribution in [3.8, 4) is 0 Å². The normalized spacial score (nSPS) is 21.3. The van der Waals surface area contributed by atoms with Gasteiger partial charge in [0.05, 0.1) is 5.69 Å². The van der Waals surface area contributed by atoms with Crippen LogP contribution in [-0.2, 0) is 25.0 Å². The average Bonchev–Trinajstić information content (AvgIpc) is 3.28. The van der Waals surface area contributed by atoms with Gasteiger partial charge in [-0.05, 0) is 79.7 Å². The fourth-order valence-electron chi connectivity index (χ4n) is 6.12. The molecule has 6 rings (SSSR count). The molecule has 3 aliphatic rings. The third kappa shape index (κ3) is 4.94. The van der Waals surface area contributed by atoms with Crippen LogP contribution >= 0.6 is 0 Å². The van der Waals surface area contributed by atoms with Crippen molar-refractivity contribution in [3.05, 3.63) is 76.6 Å². The Morgan fingerprint density at radius 2 is 2.08 bits per heavy atom. The van der Waals surface area contributed by atoms with E-state index in [1.54, 1.807) is 6.08 Å². The highest BCUT2D eigenvalue weighted by Gasteiger charge is 2.37. The standard InChI is InChI=1S/C30H36N8O2/c1-4-11-32-28(39)22-15-33-29(34-21-13-19-9-12-31-23-17-38(3)16-20(14-21)25(19)23)37-27(22)36-24-7-6-18-8-10-30(40,5-2)26(18)35-24/h4,6-7,13-15,23,31,40H,1,5,8-12,16-17H2,2-3H3,(H,32,39)(H2,33,34,35,36,37). The fourth-order valence-corrected chi connectivity index (χ4v) is 6.12. The summed E-state index contributed by atoms with van der Waals surface area (Å²) in [7, 11) is 2.14. The molecule has 0 saturated heterocycles. The Morgan fingerprint density at radius 3 is 2.90 bits per heavy atom. The summed E-state index contributed by atoms with van der Waals surface area (Å²) in [5, 5.41) is 24.1. The minimum atomic E-state index is -0.940. The highest BCUT2D eigenvalue weighted by Crippen LogP contribution is 2.39. The molecule has 1 aromatic carbocycles. The van der Waals surface area contributed by atoms with Crippen molar-refractivity contribution in [2.75, 3.05) is 37.3 Å². The van der Waals surface area contributed by atoms with E-state index in [9.17, 15) is 9.90 Å². The maximum absolute atomic E-state index is 13.0. The van der Waals surface area contributed by atoms with Crippen LogP contribution in [-0.4, -0.2) is 57.5 Å².